The largest absolute Gasteiger partial charge is 0.504 e. The first-order chi connectivity index (χ1) is 13.4. The summed E-state index contributed by atoms with van der Waals surface area (Å²) in [4.78, 5) is 13.4. The highest BCUT2D eigenvalue weighted by atomic mass is 79.9. The van der Waals surface area contributed by atoms with E-state index in [2.05, 4.69) is 21.2 Å². The molecule has 28 heavy (non-hydrogen) atoms. The average molecular weight is 461 g/mol. The standard InChI is InChI=1S/C22H19BrClNO3/c1-13-7-9-18(17(24)11-13)25-21(15-5-3-4-6-16(15)23)22(27)14-8-10-20(28-2)19(26)12-14/h3-12,21,25-26H,1-2H3. The van der Waals surface area contributed by atoms with E-state index in [1.165, 1.54) is 13.2 Å². The van der Waals surface area contributed by atoms with Crippen LogP contribution in [0.2, 0.25) is 5.02 Å². The predicted octanol–water partition coefficient (Wildman–Crippen LogP) is 6.16. The molecule has 0 saturated heterocycles. The highest BCUT2D eigenvalue weighted by molar-refractivity contribution is 9.10. The van der Waals surface area contributed by atoms with E-state index in [1.807, 2.05) is 49.4 Å². The van der Waals surface area contributed by atoms with Crippen molar-refractivity contribution in [1.82, 2.24) is 0 Å². The Bertz CT molecular complexity index is 1020. The molecule has 0 bridgehead atoms. The van der Waals surface area contributed by atoms with Gasteiger partial charge in [0.15, 0.2) is 17.3 Å². The van der Waals surface area contributed by atoms with E-state index in [0.29, 0.717) is 22.0 Å². The van der Waals surface area contributed by atoms with E-state index in [-0.39, 0.29) is 11.5 Å². The number of nitrogens with one attached hydrogen (secondary N) is 1. The number of aromatic hydroxyl groups is 1. The lowest BCUT2D eigenvalue weighted by Gasteiger charge is -2.22. The van der Waals surface area contributed by atoms with Crippen molar-refractivity contribution in [2.24, 2.45) is 0 Å². The number of hydrogen-bond acceptors (Lipinski definition) is 4. The number of ether oxygens (including phenoxy) is 1. The Labute approximate surface area is 177 Å². The maximum Gasteiger partial charge on any atom is 0.189 e. The van der Waals surface area contributed by atoms with Gasteiger partial charge in [0.25, 0.3) is 0 Å². The molecule has 6 heteroatoms. The van der Waals surface area contributed by atoms with Crippen molar-refractivity contribution in [2.75, 3.05) is 12.4 Å². The van der Waals surface area contributed by atoms with Crippen LogP contribution in [0.5, 0.6) is 11.5 Å². The molecule has 0 aliphatic rings. The van der Waals surface area contributed by atoms with Crippen molar-refractivity contribution in [3.63, 3.8) is 0 Å². The van der Waals surface area contributed by atoms with Gasteiger partial charge < -0.3 is 15.2 Å². The SMILES string of the molecule is COc1ccc(C(=O)C(Nc2ccc(C)cc2Cl)c2ccccc2Br)cc1O. The van der Waals surface area contributed by atoms with Crippen molar-refractivity contribution in [2.45, 2.75) is 13.0 Å². The lowest BCUT2D eigenvalue weighted by molar-refractivity contribution is 0.0969. The van der Waals surface area contributed by atoms with Crippen LogP contribution in [0.25, 0.3) is 0 Å². The summed E-state index contributed by atoms with van der Waals surface area (Å²) in [6, 6.07) is 17.0. The molecule has 2 N–H and O–H groups in total. The summed E-state index contributed by atoms with van der Waals surface area (Å²) < 4.78 is 5.86. The van der Waals surface area contributed by atoms with Gasteiger partial charge >= 0.3 is 0 Å². The van der Waals surface area contributed by atoms with Gasteiger partial charge in [-0.1, -0.05) is 51.8 Å². The average Bonchev–Trinajstić information content (AvgIpc) is 2.67. The van der Waals surface area contributed by atoms with Crippen LogP contribution >= 0.6 is 27.5 Å². The molecule has 3 aromatic carbocycles. The second-order valence-electron chi connectivity index (χ2n) is 6.33. The van der Waals surface area contributed by atoms with Gasteiger partial charge in [0.1, 0.15) is 6.04 Å². The van der Waals surface area contributed by atoms with Gasteiger partial charge in [0.05, 0.1) is 17.8 Å². The Hall–Kier alpha value is -2.50. The van der Waals surface area contributed by atoms with Crippen molar-refractivity contribution in [3.05, 3.63) is 86.8 Å². The number of carbonyl (C=O) groups is 1. The molecule has 0 aliphatic heterocycles. The molecule has 0 heterocycles. The molecule has 3 aromatic rings. The number of phenolic OH excluding ortho intramolecular Hbond substituents is 1. The minimum atomic E-state index is -0.705. The van der Waals surface area contributed by atoms with Gasteiger partial charge in [-0.05, 0) is 54.4 Å². The third kappa shape index (κ3) is 4.32. The summed E-state index contributed by atoms with van der Waals surface area (Å²) in [5.41, 5.74) is 2.80. The zero-order chi connectivity index (χ0) is 20.3. The number of aryl methyl sites for hydroxylation is 1. The van der Waals surface area contributed by atoms with Crippen LogP contribution in [0, 0.1) is 6.92 Å². The molecule has 4 nitrogen and oxygen atoms in total. The predicted molar refractivity (Wildman–Crippen MR) is 116 cm³/mol. The first-order valence-electron chi connectivity index (χ1n) is 8.59. The van der Waals surface area contributed by atoms with Crippen molar-refractivity contribution in [3.8, 4) is 11.5 Å². The number of ketones is 1. The quantitative estimate of drug-likeness (QED) is 0.432. The topological polar surface area (TPSA) is 58.6 Å². The number of rotatable bonds is 6. The molecule has 0 radical (unpaired) electrons. The normalized spacial score (nSPS) is 11.7. The van der Waals surface area contributed by atoms with Crippen molar-refractivity contribution >= 4 is 39.0 Å². The smallest absolute Gasteiger partial charge is 0.189 e. The van der Waals surface area contributed by atoms with Crippen LogP contribution in [0.4, 0.5) is 5.69 Å². The fourth-order valence-electron chi connectivity index (χ4n) is 2.90. The number of methoxy groups -OCH3 is 1. The third-order valence-electron chi connectivity index (χ3n) is 4.37. The van der Waals surface area contributed by atoms with Gasteiger partial charge in [0, 0.05) is 10.0 Å². The first kappa shape index (κ1) is 20.2. The van der Waals surface area contributed by atoms with Gasteiger partial charge in [0.2, 0.25) is 0 Å². The van der Waals surface area contributed by atoms with Crippen LogP contribution < -0.4 is 10.1 Å². The van der Waals surface area contributed by atoms with E-state index >= 15 is 0 Å². The molecular formula is C22H19BrClNO3. The second-order valence-corrected chi connectivity index (χ2v) is 7.59. The van der Waals surface area contributed by atoms with Crippen LogP contribution in [-0.2, 0) is 0 Å². The summed E-state index contributed by atoms with van der Waals surface area (Å²) in [6.45, 7) is 1.95. The van der Waals surface area contributed by atoms with Crippen LogP contribution in [0.15, 0.2) is 65.1 Å². The Morgan fingerprint density at radius 1 is 1.14 bits per heavy atom. The van der Waals surface area contributed by atoms with Crippen LogP contribution in [0.1, 0.15) is 27.5 Å². The lowest BCUT2D eigenvalue weighted by Crippen LogP contribution is -2.22. The molecule has 1 unspecified atom stereocenters. The van der Waals surface area contributed by atoms with Gasteiger partial charge in [-0.3, -0.25) is 4.79 Å². The van der Waals surface area contributed by atoms with Crippen molar-refractivity contribution < 1.29 is 14.6 Å². The molecule has 144 valence electrons. The Morgan fingerprint density at radius 3 is 2.54 bits per heavy atom. The molecule has 1 atom stereocenters. The minimum Gasteiger partial charge on any atom is -0.504 e. The highest BCUT2D eigenvalue weighted by Gasteiger charge is 2.25. The molecule has 0 aliphatic carbocycles. The van der Waals surface area contributed by atoms with E-state index < -0.39 is 6.04 Å². The summed E-state index contributed by atoms with van der Waals surface area (Å²) in [5, 5.41) is 13.9. The third-order valence-corrected chi connectivity index (χ3v) is 5.40. The summed E-state index contributed by atoms with van der Waals surface area (Å²) in [5.74, 6) is 0.0117. The number of phenols is 1. The minimum absolute atomic E-state index is 0.0902. The van der Waals surface area contributed by atoms with E-state index in [9.17, 15) is 9.90 Å². The fraction of sp³-hybridized carbons (Fsp3) is 0.136. The molecule has 3 rings (SSSR count). The number of benzene rings is 3. The van der Waals surface area contributed by atoms with Gasteiger partial charge in [-0.15, -0.1) is 0 Å². The molecule has 0 aromatic heterocycles. The second kappa shape index (κ2) is 8.67. The van der Waals surface area contributed by atoms with Crippen LogP contribution in [-0.4, -0.2) is 18.0 Å². The van der Waals surface area contributed by atoms with E-state index in [1.54, 1.807) is 12.1 Å². The van der Waals surface area contributed by atoms with Gasteiger partial charge in [-0.2, -0.15) is 0 Å². The summed E-state index contributed by atoms with van der Waals surface area (Å²) >= 11 is 9.90. The zero-order valence-electron chi connectivity index (χ0n) is 15.4. The Morgan fingerprint density at radius 2 is 1.89 bits per heavy atom. The molecular weight excluding hydrogens is 442 g/mol. The number of hydrogen-bond donors (Lipinski definition) is 2. The van der Waals surface area contributed by atoms with Gasteiger partial charge in [-0.25, -0.2) is 0 Å². The zero-order valence-corrected chi connectivity index (χ0v) is 17.7. The number of anilines is 1. The number of halogens is 2. The fourth-order valence-corrected chi connectivity index (χ4v) is 3.70. The van der Waals surface area contributed by atoms with Crippen molar-refractivity contribution in [1.29, 1.82) is 0 Å². The Kier molecular flexibility index (Phi) is 6.27. The molecule has 0 fully saturated rings. The number of Topliss-reactive ketones (excluding diaryl/α,β-unsaturated/α-hetero) is 1. The maximum absolute atomic E-state index is 13.4. The molecule has 0 saturated carbocycles. The molecule has 0 spiro atoms. The highest BCUT2D eigenvalue weighted by Crippen LogP contribution is 2.34. The lowest BCUT2D eigenvalue weighted by atomic mass is 9.96. The summed E-state index contributed by atoms with van der Waals surface area (Å²) in [7, 11) is 1.46. The van der Waals surface area contributed by atoms with Crippen LogP contribution in [0.3, 0.4) is 0 Å². The van der Waals surface area contributed by atoms with E-state index in [0.717, 1.165) is 15.6 Å². The van der Waals surface area contributed by atoms with E-state index in [4.69, 9.17) is 16.3 Å². The summed E-state index contributed by atoms with van der Waals surface area (Å²) in [6.07, 6.45) is 0. The maximum atomic E-state index is 13.4. The number of carbonyl (C=O) groups excluding carboxylic acids is 1. The molecule has 0 amide bonds. The first-order valence-corrected chi connectivity index (χ1v) is 9.76. The Balaban J connectivity index is 2.04. The monoisotopic (exact) mass is 459 g/mol.